The van der Waals surface area contributed by atoms with Gasteiger partial charge in [-0.1, -0.05) is 17.3 Å². The smallest absolute Gasteiger partial charge is 0.330 e. The Hall–Kier alpha value is -2.96. The van der Waals surface area contributed by atoms with Crippen molar-refractivity contribution < 1.29 is 14.3 Å². The van der Waals surface area contributed by atoms with E-state index in [0.717, 1.165) is 5.56 Å². The SMILES string of the molecule is CCOC(=O)C=Cc1ccc(NC(=O)CCn2ccnn2)cc1. The standard InChI is InChI=1S/C16H18N4O3/c1-2-23-16(22)8-5-13-3-6-14(7-4-13)18-15(21)9-11-20-12-10-17-19-20/h3-8,10,12H,2,9,11H2,1H3,(H,18,21). The predicted octanol–water partition coefficient (Wildman–Crippen LogP) is 1.88. The first-order valence-electron chi connectivity index (χ1n) is 7.26. The second kappa shape index (κ2) is 8.47. The van der Waals surface area contributed by atoms with E-state index in [1.165, 1.54) is 6.08 Å². The van der Waals surface area contributed by atoms with Gasteiger partial charge in [0.1, 0.15) is 0 Å². The Balaban J connectivity index is 1.82. The van der Waals surface area contributed by atoms with Gasteiger partial charge in [-0.25, -0.2) is 4.79 Å². The lowest BCUT2D eigenvalue weighted by Gasteiger charge is -2.05. The summed E-state index contributed by atoms with van der Waals surface area (Å²) in [7, 11) is 0. The number of carbonyl (C=O) groups excluding carboxylic acids is 2. The normalized spacial score (nSPS) is 10.7. The molecule has 0 aliphatic carbocycles. The quantitative estimate of drug-likeness (QED) is 0.623. The Kier molecular flexibility index (Phi) is 6.05. The number of aromatic nitrogens is 3. The first-order valence-corrected chi connectivity index (χ1v) is 7.26. The Morgan fingerprint density at radius 2 is 2.09 bits per heavy atom. The summed E-state index contributed by atoms with van der Waals surface area (Å²) in [6.07, 6.45) is 6.62. The number of nitrogens with zero attached hydrogens (tertiary/aromatic N) is 3. The molecular formula is C16H18N4O3. The Morgan fingerprint density at radius 3 is 2.74 bits per heavy atom. The molecule has 0 saturated heterocycles. The summed E-state index contributed by atoms with van der Waals surface area (Å²) < 4.78 is 6.40. The van der Waals surface area contributed by atoms with Crippen LogP contribution in [0.3, 0.4) is 0 Å². The molecule has 23 heavy (non-hydrogen) atoms. The average molecular weight is 314 g/mol. The number of anilines is 1. The van der Waals surface area contributed by atoms with Crippen LogP contribution in [0.5, 0.6) is 0 Å². The van der Waals surface area contributed by atoms with Gasteiger partial charge in [-0.2, -0.15) is 0 Å². The van der Waals surface area contributed by atoms with E-state index in [9.17, 15) is 9.59 Å². The molecule has 0 radical (unpaired) electrons. The zero-order valence-corrected chi connectivity index (χ0v) is 12.8. The van der Waals surface area contributed by atoms with E-state index in [0.29, 0.717) is 25.3 Å². The molecule has 0 unspecified atom stereocenters. The summed E-state index contributed by atoms with van der Waals surface area (Å²) in [5, 5.41) is 10.3. The predicted molar refractivity (Wildman–Crippen MR) is 85.4 cm³/mol. The summed E-state index contributed by atoms with van der Waals surface area (Å²) in [5.41, 5.74) is 1.54. The molecule has 0 aliphatic heterocycles. The number of hydrogen-bond acceptors (Lipinski definition) is 5. The minimum atomic E-state index is -0.377. The van der Waals surface area contributed by atoms with E-state index >= 15 is 0 Å². The molecule has 7 heteroatoms. The van der Waals surface area contributed by atoms with E-state index in [1.807, 2.05) is 12.1 Å². The molecule has 0 aliphatic rings. The molecule has 0 spiro atoms. The molecule has 1 N–H and O–H groups in total. The third kappa shape index (κ3) is 5.74. The fourth-order valence-electron chi connectivity index (χ4n) is 1.82. The Labute approximate surface area is 134 Å². The number of carbonyl (C=O) groups is 2. The summed E-state index contributed by atoms with van der Waals surface area (Å²) >= 11 is 0. The van der Waals surface area contributed by atoms with Gasteiger partial charge in [0.2, 0.25) is 5.91 Å². The van der Waals surface area contributed by atoms with Crippen LogP contribution < -0.4 is 5.32 Å². The largest absolute Gasteiger partial charge is 0.463 e. The van der Waals surface area contributed by atoms with Gasteiger partial charge in [-0.3, -0.25) is 9.48 Å². The molecule has 2 aromatic rings. The third-order valence-electron chi connectivity index (χ3n) is 2.93. The zero-order valence-electron chi connectivity index (χ0n) is 12.8. The van der Waals surface area contributed by atoms with Crippen LogP contribution in [-0.4, -0.2) is 33.5 Å². The number of esters is 1. The number of amides is 1. The van der Waals surface area contributed by atoms with Gasteiger partial charge in [0, 0.05) is 24.4 Å². The summed E-state index contributed by atoms with van der Waals surface area (Å²) in [6.45, 7) is 2.58. The lowest BCUT2D eigenvalue weighted by molar-refractivity contribution is -0.137. The second-order valence-electron chi connectivity index (χ2n) is 4.67. The van der Waals surface area contributed by atoms with Crippen molar-refractivity contribution in [2.24, 2.45) is 0 Å². The van der Waals surface area contributed by atoms with Crippen molar-refractivity contribution in [2.75, 3.05) is 11.9 Å². The molecule has 1 heterocycles. The van der Waals surface area contributed by atoms with Crippen LogP contribution in [0.1, 0.15) is 18.9 Å². The molecule has 7 nitrogen and oxygen atoms in total. The monoisotopic (exact) mass is 314 g/mol. The van der Waals surface area contributed by atoms with Crippen LogP contribution >= 0.6 is 0 Å². The Morgan fingerprint density at radius 1 is 1.30 bits per heavy atom. The summed E-state index contributed by atoms with van der Waals surface area (Å²) in [4.78, 5) is 23.1. The highest BCUT2D eigenvalue weighted by Gasteiger charge is 2.03. The molecule has 120 valence electrons. The van der Waals surface area contributed by atoms with E-state index < -0.39 is 0 Å². The van der Waals surface area contributed by atoms with Crippen LogP contribution in [0.15, 0.2) is 42.7 Å². The number of ether oxygens (including phenoxy) is 1. The summed E-state index contributed by atoms with van der Waals surface area (Å²) in [5.74, 6) is -0.478. The van der Waals surface area contributed by atoms with Gasteiger partial charge in [0.25, 0.3) is 0 Å². The third-order valence-corrected chi connectivity index (χ3v) is 2.93. The molecule has 2 rings (SSSR count). The number of nitrogens with one attached hydrogen (secondary N) is 1. The minimum absolute atomic E-state index is 0.102. The maximum absolute atomic E-state index is 11.8. The number of benzene rings is 1. The van der Waals surface area contributed by atoms with E-state index in [2.05, 4.69) is 15.6 Å². The van der Waals surface area contributed by atoms with Crippen LogP contribution in [0.4, 0.5) is 5.69 Å². The molecule has 0 bridgehead atoms. The number of hydrogen-bond donors (Lipinski definition) is 1. The van der Waals surface area contributed by atoms with Gasteiger partial charge >= 0.3 is 5.97 Å². The van der Waals surface area contributed by atoms with Crippen LogP contribution in [0.2, 0.25) is 0 Å². The number of aryl methyl sites for hydroxylation is 1. The first kappa shape index (κ1) is 16.4. The molecule has 0 saturated carbocycles. The lowest BCUT2D eigenvalue weighted by Crippen LogP contribution is -2.14. The van der Waals surface area contributed by atoms with Crippen molar-refractivity contribution in [3.63, 3.8) is 0 Å². The molecular weight excluding hydrogens is 296 g/mol. The molecule has 0 atom stereocenters. The fraction of sp³-hybridized carbons (Fsp3) is 0.250. The fourth-order valence-corrected chi connectivity index (χ4v) is 1.82. The molecule has 0 fully saturated rings. The van der Waals surface area contributed by atoms with Gasteiger partial charge in [-0.05, 0) is 30.7 Å². The van der Waals surface area contributed by atoms with Gasteiger partial charge in [0.15, 0.2) is 0 Å². The average Bonchev–Trinajstić information content (AvgIpc) is 3.06. The van der Waals surface area contributed by atoms with Gasteiger partial charge in [0.05, 0.1) is 19.3 Å². The molecule has 1 aromatic heterocycles. The second-order valence-corrected chi connectivity index (χ2v) is 4.67. The van der Waals surface area contributed by atoms with E-state index in [-0.39, 0.29) is 11.9 Å². The highest BCUT2D eigenvalue weighted by molar-refractivity contribution is 5.91. The van der Waals surface area contributed by atoms with Crippen LogP contribution in [-0.2, 0) is 20.9 Å². The van der Waals surface area contributed by atoms with Crippen molar-refractivity contribution >= 4 is 23.6 Å². The lowest BCUT2D eigenvalue weighted by atomic mass is 10.2. The van der Waals surface area contributed by atoms with Gasteiger partial charge in [-0.15, -0.1) is 5.10 Å². The highest BCUT2D eigenvalue weighted by Crippen LogP contribution is 2.11. The first-order chi connectivity index (χ1) is 11.2. The number of rotatable bonds is 7. The minimum Gasteiger partial charge on any atom is -0.463 e. The van der Waals surface area contributed by atoms with Crippen LogP contribution in [0.25, 0.3) is 6.08 Å². The maximum Gasteiger partial charge on any atom is 0.330 e. The van der Waals surface area contributed by atoms with E-state index in [4.69, 9.17) is 4.74 Å². The highest BCUT2D eigenvalue weighted by atomic mass is 16.5. The summed E-state index contributed by atoms with van der Waals surface area (Å²) in [6, 6.07) is 7.17. The van der Waals surface area contributed by atoms with Gasteiger partial charge < -0.3 is 10.1 Å². The Bertz CT molecular complexity index is 663. The van der Waals surface area contributed by atoms with Crippen molar-refractivity contribution in [1.29, 1.82) is 0 Å². The van der Waals surface area contributed by atoms with Crippen molar-refractivity contribution in [2.45, 2.75) is 19.9 Å². The van der Waals surface area contributed by atoms with Crippen molar-refractivity contribution in [1.82, 2.24) is 15.0 Å². The van der Waals surface area contributed by atoms with E-state index in [1.54, 1.807) is 42.2 Å². The van der Waals surface area contributed by atoms with Crippen molar-refractivity contribution in [3.05, 3.63) is 48.3 Å². The zero-order chi connectivity index (χ0) is 16.5. The molecule has 1 aromatic carbocycles. The topological polar surface area (TPSA) is 86.1 Å². The maximum atomic E-state index is 11.8. The van der Waals surface area contributed by atoms with Crippen LogP contribution in [0, 0.1) is 0 Å². The molecule has 1 amide bonds. The van der Waals surface area contributed by atoms with Crippen molar-refractivity contribution in [3.8, 4) is 0 Å².